The fourth-order valence-corrected chi connectivity index (χ4v) is 3.37. The molecule has 0 heterocycles. The van der Waals surface area contributed by atoms with E-state index in [-0.39, 0.29) is 19.0 Å². The number of amides is 2. The molecule has 168 valence electrons. The van der Waals surface area contributed by atoms with Crippen molar-refractivity contribution in [1.29, 1.82) is 0 Å². The molecule has 0 bridgehead atoms. The molecule has 0 aliphatic heterocycles. The third-order valence-electron chi connectivity index (χ3n) is 4.78. The lowest BCUT2D eigenvalue weighted by molar-refractivity contribution is -0.141. The molecule has 9 heteroatoms. The summed E-state index contributed by atoms with van der Waals surface area (Å²) in [5.74, 6) is -0.150. The van der Waals surface area contributed by atoms with Crippen molar-refractivity contribution in [1.82, 2.24) is 14.5 Å². The van der Waals surface area contributed by atoms with Gasteiger partial charge in [-0.05, 0) is 30.2 Å². The van der Waals surface area contributed by atoms with Gasteiger partial charge in [0, 0.05) is 20.1 Å². The minimum absolute atomic E-state index is 0.122. The van der Waals surface area contributed by atoms with Gasteiger partial charge in [0.25, 0.3) is 0 Å². The number of benzene rings is 2. The standard InChI is InChI=1S/C22H29N3O5S/c1-5-23-22(27)21(18-9-7-6-8-10-18)25(20(26)16-24(2)31(4,28)29)15-17-11-13-19(30-3)14-12-17/h6-14,21H,5,15-16H2,1-4H3,(H,23,27)/t21-/m0/s1. The highest BCUT2D eigenvalue weighted by Gasteiger charge is 2.32. The van der Waals surface area contributed by atoms with Gasteiger partial charge in [0.05, 0.1) is 19.9 Å². The number of hydrogen-bond acceptors (Lipinski definition) is 5. The smallest absolute Gasteiger partial charge is 0.247 e. The van der Waals surface area contributed by atoms with E-state index in [0.717, 1.165) is 16.1 Å². The van der Waals surface area contributed by atoms with Gasteiger partial charge in [-0.1, -0.05) is 42.5 Å². The Bertz CT molecular complexity index is 978. The zero-order valence-electron chi connectivity index (χ0n) is 18.2. The lowest BCUT2D eigenvalue weighted by atomic mass is 10.0. The minimum atomic E-state index is -3.57. The molecule has 2 rings (SSSR count). The van der Waals surface area contributed by atoms with Crippen molar-refractivity contribution < 1.29 is 22.7 Å². The van der Waals surface area contributed by atoms with Crippen molar-refractivity contribution in [2.45, 2.75) is 19.5 Å². The molecule has 0 radical (unpaired) electrons. The molecular formula is C22H29N3O5S. The first-order valence-corrected chi connectivity index (χ1v) is 11.7. The topological polar surface area (TPSA) is 96.0 Å². The first-order valence-electron chi connectivity index (χ1n) is 9.83. The second-order valence-corrected chi connectivity index (χ2v) is 9.19. The quantitative estimate of drug-likeness (QED) is 0.599. The van der Waals surface area contributed by atoms with Crippen LogP contribution in [0.2, 0.25) is 0 Å². The van der Waals surface area contributed by atoms with Crippen LogP contribution in [0.4, 0.5) is 0 Å². The third-order valence-corrected chi connectivity index (χ3v) is 6.04. The Balaban J connectivity index is 2.47. The van der Waals surface area contributed by atoms with Crippen LogP contribution in [0.15, 0.2) is 54.6 Å². The molecule has 0 aromatic heterocycles. The molecular weight excluding hydrogens is 418 g/mol. The van der Waals surface area contributed by atoms with Crippen LogP contribution in [0, 0.1) is 0 Å². The molecule has 1 atom stereocenters. The lowest BCUT2D eigenvalue weighted by Gasteiger charge is -2.32. The van der Waals surface area contributed by atoms with Crippen molar-refractivity contribution in [3.8, 4) is 5.75 Å². The number of rotatable bonds is 10. The first kappa shape index (κ1) is 24.4. The number of methoxy groups -OCH3 is 1. The van der Waals surface area contributed by atoms with Crippen molar-refractivity contribution in [3.63, 3.8) is 0 Å². The Kier molecular flexibility index (Phi) is 8.58. The van der Waals surface area contributed by atoms with Crippen LogP contribution in [0.3, 0.4) is 0 Å². The highest BCUT2D eigenvalue weighted by atomic mass is 32.2. The van der Waals surface area contributed by atoms with Crippen LogP contribution in [-0.4, -0.2) is 62.9 Å². The third kappa shape index (κ3) is 6.80. The van der Waals surface area contributed by atoms with Gasteiger partial charge in [-0.2, -0.15) is 4.31 Å². The zero-order chi connectivity index (χ0) is 23.0. The van der Waals surface area contributed by atoms with E-state index in [4.69, 9.17) is 4.74 Å². The molecule has 0 aliphatic rings. The Morgan fingerprint density at radius 2 is 1.68 bits per heavy atom. The number of sulfonamides is 1. The number of nitrogens with one attached hydrogen (secondary N) is 1. The number of carbonyl (C=O) groups is 2. The van der Waals surface area contributed by atoms with Crippen LogP contribution in [0.5, 0.6) is 5.75 Å². The van der Waals surface area contributed by atoms with Gasteiger partial charge in [-0.3, -0.25) is 9.59 Å². The molecule has 0 saturated carbocycles. The molecule has 1 N–H and O–H groups in total. The summed E-state index contributed by atoms with van der Waals surface area (Å²) < 4.78 is 29.9. The van der Waals surface area contributed by atoms with E-state index >= 15 is 0 Å². The van der Waals surface area contributed by atoms with Crippen molar-refractivity contribution >= 4 is 21.8 Å². The predicted octanol–water partition coefficient (Wildman–Crippen LogP) is 1.79. The maximum Gasteiger partial charge on any atom is 0.247 e. The van der Waals surface area contributed by atoms with Gasteiger partial charge in [-0.25, -0.2) is 8.42 Å². The van der Waals surface area contributed by atoms with Crippen LogP contribution in [0.1, 0.15) is 24.1 Å². The van der Waals surface area contributed by atoms with Gasteiger partial charge < -0.3 is 15.0 Å². The Morgan fingerprint density at radius 1 is 1.06 bits per heavy atom. The van der Waals surface area contributed by atoms with Crippen LogP contribution in [0.25, 0.3) is 0 Å². The minimum Gasteiger partial charge on any atom is -0.497 e. The van der Waals surface area contributed by atoms with Crippen LogP contribution < -0.4 is 10.1 Å². The number of ether oxygens (including phenoxy) is 1. The summed E-state index contributed by atoms with van der Waals surface area (Å²) >= 11 is 0. The average molecular weight is 448 g/mol. The van der Waals surface area contributed by atoms with E-state index in [9.17, 15) is 18.0 Å². The number of carbonyl (C=O) groups excluding carboxylic acids is 2. The molecule has 2 aromatic carbocycles. The highest BCUT2D eigenvalue weighted by Crippen LogP contribution is 2.25. The molecule has 2 amide bonds. The van der Waals surface area contributed by atoms with Crippen LogP contribution in [-0.2, 0) is 26.2 Å². The molecule has 0 saturated heterocycles. The Hall–Kier alpha value is -2.91. The van der Waals surface area contributed by atoms with Gasteiger partial charge in [0.15, 0.2) is 0 Å². The van der Waals surface area contributed by atoms with E-state index in [1.165, 1.54) is 11.9 Å². The number of likely N-dealkylation sites (N-methyl/N-ethyl adjacent to an activating group) is 2. The van der Waals surface area contributed by atoms with Crippen molar-refractivity contribution in [2.24, 2.45) is 0 Å². The largest absolute Gasteiger partial charge is 0.497 e. The summed E-state index contributed by atoms with van der Waals surface area (Å²) in [7, 11) is -0.668. The van der Waals surface area contributed by atoms with E-state index in [0.29, 0.717) is 17.9 Å². The van der Waals surface area contributed by atoms with Crippen LogP contribution >= 0.6 is 0 Å². The Morgan fingerprint density at radius 3 is 2.19 bits per heavy atom. The summed E-state index contributed by atoms with van der Waals surface area (Å²) in [5.41, 5.74) is 1.42. The van der Waals surface area contributed by atoms with E-state index < -0.39 is 22.0 Å². The van der Waals surface area contributed by atoms with Crippen molar-refractivity contribution in [2.75, 3.05) is 33.5 Å². The first-order chi connectivity index (χ1) is 14.7. The lowest BCUT2D eigenvalue weighted by Crippen LogP contribution is -2.47. The molecule has 2 aromatic rings. The van der Waals surface area contributed by atoms with Gasteiger partial charge in [-0.15, -0.1) is 0 Å². The Labute approximate surface area is 183 Å². The van der Waals surface area contributed by atoms with Gasteiger partial charge in [0.1, 0.15) is 11.8 Å². The molecule has 8 nitrogen and oxygen atoms in total. The zero-order valence-corrected chi connectivity index (χ0v) is 19.1. The molecule has 0 spiro atoms. The summed E-state index contributed by atoms with van der Waals surface area (Å²) in [6.45, 7) is 1.94. The van der Waals surface area contributed by atoms with Crippen molar-refractivity contribution in [3.05, 3.63) is 65.7 Å². The van der Waals surface area contributed by atoms with Gasteiger partial charge in [0.2, 0.25) is 21.8 Å². The van der Waals surface area contributed by atoms with E-state index in [1.54, 1.807) is 62.6 Å². The maximum atomic E-state index is 13.3. The highest BCUT2D eigenvalue weighted by molar-refractivity contribution is 7.88. The average Bonchev–Trinajstić information content (AvgIpc) is 2.74. The van der Waals surface area contributed by atoms with E-state index in [2.05, 4.69) is 5.32 Å². The van der Waals surface area contributed by atoms with E-state index in [1.807, 2.05) is 6.07 Å². The number of nitrogens with zero attached hydrogens (tertiary/aromatic N) is 2. The second-order valence-electron chi connectivity index (χ2n) is 7.10. The molecule has 0 aliphatic carbocycles. The normalized spacial score (nSPS) is 12.3. The van der Waals surface area contributed by atoms with Gasteiger partial charge >= 0.3 is 0 Å². The molecule has 0 unspecified atom stereocenters. The number of hydrogen-bond donors (Lipinski definition) is 1. The molecule has 0 fully saturated rings. The second kappa shape index (κ2) is 10.9. The summed E-state index contributed by atoms with van der Waals surface area (Å²) in [4.78, 5) is 27.7. The molecule has 31 heavy (non-hydrogen) atoms. The monoisotopic (exact) mass is 447 g/mol. The predicted molar refractivity (Wildman–Crippen MR) is 119 cm³/mol. The maximum absolute atomic E-state index is 13.3. The summed E-state index contributed by atoms with van der Waals surface area (Å²) in [6.07, 6.45) is 1.03. The summed E-state index contributed by atoms with van der Waals surface area (Å²) in [6, 6.07) is 15.2. The summed E-state index contributed by atoms with van der Waals surface area (Å²) in [5, 5.41) is 2.78. The SMILES string of the molecule is CCNC(=O)[C@H](c1ccccc1)N(Cc1ccc(OC)cc1)C(=O)CN(C)S(C)(=O)=O. The fourth-order valence-electron chi connectivity index (χ4n) is 3.03. The fraction of sp³-hybridized carbons (Fsp3) is 0.364.